The highest BCUT2D eigenvalue weighted by molar-refractivity contribution is 7.59. The van der Waals surface area contributed by atoms with Crippen LogP contribution in [0.2, 0.25) is 0 Å². The maximum absolute atomic E-state index is 14.0. The Balaban J connectivity index is 0.00000169. The van der Waals surface area contributed by atoms with Crippen molar-refractivity contribution in [2.75, 3.05) is 0 Å². The van der Waals surface area contributed by atoms with Crippen molar-refractivity contribution in [1.29, 1.82) is 0 Å². The molecule has 1 amide bonds. The fourth-order valence-corrected chi connectivity index (χ4v) is 3.60. The summed E-state index contributed by atoms with van der Waals surface area (Å²) >= 11 is 0. The molecule has 2 atom stereocenters. The van der Waals surface area contributed by atoms with Gasteiger partial charge < -0.3 is 4.74 Å². The molecule has 0 bridgehead atoms. The molecule has 1 aliphatic carbocycles. The largest absolute Gasteiger partial charge is 0.490 e. The first-order chi connectivity index (χ1) is 11.6. The third-order valence-corrected chi connectivity index (χ3v) is 4.83. The van der Waals surface area contributed by atoms with Crippen LogP contribution in [-0.4, -0.2) is 17.2 Å². The number of halogens is 1. The monoisotopic (exact) mass is 397 g/mol. The van der Waals surface area contributed by atoms with E-state index in [1.165, 1.54) is 6.07 Å². The summed E-state index contributed by atoms with van der Waals surface area (Å²) in [6.07, 6.45) is 1.35. The molecule has 1 saturated carbocycles. The topological polar surface area (TPSA) is 58.6 Å². The van der Waals surface area contributed by atoms with E-state index in [9.17, 15) is 14.4 Å². The number of hydrogen-bond acceptors (Lipinski definition) is 3. The maximum atomic E-state index is 14.0. The lowest BCUT2D eigenvalue weighted by atomic mass is 9.76. The van der Waals surface area contributed by atoms with Crippen LogP contribution in [0.25, 0.3) is 0 Å². The molecule has 3 rings (SSSR count). The number of para-hydroxylation sites is 1. The third kappa shape index (κ3) is 4.16. The molecule has 0 aromatic heterocycles. The van der Waals surface area contributed by atoms with Crippen LogP contribution < -0.4 is 10.2 Å². The zero-order chi connectivity index (χ0) is 17.2. The van der Waals surface area contributed by atoms with Gasteiger partial charge in [0, 0.05) is 6.42 Å². The van der Waals surface area contributed by atoms with Gasteiger partial charge in [0.05, 0.1) is 5.41 Å². The number of benzene rings is 2. The standard InChI is InChI=1S/C19H20FNO3.2H2S/c1-13-16(8-5-9-17(13)20)19(18(22)21-23)11-10-15(12-19)24-14-6-3-2-4-7-14;;/h2-9,15,23H,10-12H2,1H3,(H,21,22);2*1H2/t15-,19-;;/m0../s1. The highest BCUT2D eigenvalue weighted by atomic mass is 32.1. The normalized spacial score (nSPS) is 21.3. The van der Waals surface area contributed by atoms with E-state index in [4.69, 9.17) is 4.74 Å². The Kier molecular flexibility index (Phi) is 7.99. The van der Waals surface area contributed by atoms with E-state index >= 15 is 0 Å². The van der Waals surface area contributed by atoms with Gasteiger partial charge in [-0.05, 0) is 49.1 Å². The molecule has 0 saturated heterocycles. The van der Waals surface area contributed by atoms with Crippen molar-refractivity contribution in [2.45, 2.75) is 37.7 Å². The van der Waals surface area contributed by atoms with Crippen molar-refractivity contribution >= 4 is 32.9 Å². The first kappa shape index (κ1) is 22.3. The summed E-state index contributed by atoms with van der Waals surface area (Å²) in [6.45, 7) is 1.66. The minimum Gasteiger partial charge on any atom is -0.490 e. The zero-order valence-corrected chi connectivity index (χ0v) is 16.5. The second-order valence-corrected chi connectivity index (χ2v) is 6.23. The van der Waals surface area contributed by atoms with Gasteiger partial charge in [0.2, 0.25) is 0 Å². The predicted octanol–water partition coefficient (Wildman–Crippen LogP) is 3.73. The Morgan fingerprint density at radius 3 is 2.54 bits per heavy atom. The Hall–Kier alpha value is -1.70. The molecule has 0 spiro atoms. The van der Waals surface area contributed by atoms with Gasteiger partial charge >= 0.3 is 0 Å². The first-order valence-electron chi connectivity index (χ1n) is 7.98. The number of hydrogen-bond donors (Lipinski definition) is 2. The molecule has 26 heavy (non-hydrogen) atoms. The Labute approximate surface area is 166 Å². The summed E-state index contributed by atoms with van der Waals surface area (Å²) in [6, 6.07) is 14.1. The van der Waals surface area contributed by atoms with Crippen LogP contribution in [0, 0.1) is 12.7 Å². The van der Waals surface area contributed by atoms with Crippen molar-refractivity contribution < 1.29 is 19.1 Å². The second-order valence-electron chi connectivity index (χ2n) is 6.23. The number of carbonyl (C=O) groups excluding carboxylic acids is 1. The maximum Gasteiger partial charge on any atom is 0.254 e. The van der Waals surface area contributed by atoms with Crippen LogP contribution in [0.5, 0.6) is 5.75 Å². The van der Waals surface area contributed by atoms with Crippen LogP contribution in [0.3, 0.4) is 0 Å². The van der Waals surface area contributed by atoms with Gasteiger partial charge in [-0.1, -0.05) is 30.3 Å². The minimum absolute atomic E-state index is 0. The van der Waals surface area contributed by atoms with Gasteiger partial charge in [0.15, 0.2) is 0 Å². The van der Waals surface area contributed by atoms with Crippen LogP contribution in [0.1, 0.15) is 30.4 Å². The van der Waals surface area contributed by atoms with E-state index < -0.39 is 11.3 Å². The number of amides is 1. The van der Waals surface area contributed by atoms with Gasteiger partial charge in [-0.3, -0.25) is 10.0 Å². The number of carbonyl (C=O) groups is 1. The SMILES string of the molecule is Cc1c(F)cccc1[C@]1(C(=O)NO)CC[C@H](Oc2ccccc2)C1.S.S. The molecule has 2 aromatic rings. The molecule has 142 valence electrons. The summed E-state index contributed by atoms with van der Waals surface area (Å²) in [7, 11) is 0. The van der Waals surface area contributed by atoms with Crippen molar-refractivity contribution in [2.24, 2.45) is 0 Å². The molecule has 2 N–H and O–H groups in total. The molecule has 4 nitrogen and oxygen atoms in total. The van der Waals surface area contributed by atoms with Crippen molar-refractivity contribution in [3.8, 4) is 5.75 Å². The molecule has 1 aliphatic rings. The Morgan fingerprint density at radius 2 is 1.88 bits per heavy atom. The lowest BCUT2D eigenvalue weighted by Gasteiger charge is -2.29. The first-order valence-corrected chi connectivity index (χ1v) is 7.98. The van der Waals surface area contributed by atoms with E-state index in [0.717, 1.165) is 5.75 Å². The molecular formula is C19H24FNO3S2. The number of rotatable bonds is 4. The van der Waals surface area contributed by atoms with E-state index in [2.05, 4.69) is 0 Å². The molecule has 0 aliphatic heterocycles. The predicted molar refractivity (Wildman–Crippen MR) is 108 cm³/mol. The Morgan fingerprint density at radius 1 is 1.19 bits per heavy atom. The lowest BCUT2D eigenvalue weighted by Crippen LogP contribution is -2.42. The van der Waals surface area contributed by atoms with Gasteiger partial charge in [0.25, 0.3) is 5.91 Å². The van der Waals surface area contributed by atoms with E-state index in [-0.39, 0.29) is 38.9 Å². The van der Waals surface area contributed by atoms with Gasteiger partial charge in [0.1, 0.15) is 17.7 Å². The smallest absolute Gasteiger partial charge is 0.254 e. The number of nitrogens with one attached hydrogen (secondary N) is 1. The van der Waals surface area contributed by atoms with E-state index in [0.29, 0.717) is 30.4 Å². The molecule has 7 heteroatoms. The molecule has 1 fully saturated rings. The van der Waals surface area contributed by atoms with E-state index in [1.807, 2.05) is 30.3 Å². The van der Waals surface area contributed by atoms with Crippen LogP contribution >= 0.6 is 27.0 Å². The minimum atomic E-state index is -0.986. The van der Waals surface area contributed by atoms with Gasteiger partial charge in [-0.15, -0.1) is 0 Å². The highest BCUT2D eigenvalue weighted by Gasteiger charge is 2.48. The summed E-state index contributed by atoms with van der Waals surface area (Å²) in [4.78, 5) is 12.5. The molecule has 0 radical (unpaired) electrons. The van der Waals surface area contributed by atoms with Crippen LogP contribution in [0.15, 0.2) is 48.5 Å². The molecule has 0 heterocycles. The fourth-order valence-electron chi connectivity index (χ4n) is 3.60. The van der Waals surface area contributed by atoms with Crippen LogP contribution in [0.4, 0.5) is 4.39 Å². The molecule has 0 unspecified atom stereocenters. The van der Waals surface area contributed by atoms with Crippen molar-refractivity contribution in [3.63, 3.8) is 0 Å². The quantitative estimate of drug-likeness (QED) is 0.610. The number of ether oxygens (including phenoxy) is 1. The number of hydroxylamine groups is 1. The lowest BCUT2D eigenvalue weighted by molar-refractivity contribution is -0.135. The summed E-state index contributed by atoms with van der Waals surface area (Å²) in [5, 5.41) is 9.22. The summed E-state index contributed by atoms with van der Waals surface area (Å²) in [5.41, 5.74) is 1.81. The van der Waals surface area contributed by atoms with Crippen LogP contribution in [-0.2, 0) is 10.2 Å². The van der Waals surface area contributed by atoms with Crippen molar-refractivity contribution in [1.82, 2.24) is 5.48 Å². The van der Waals surface area contributed by atoms with Crippen molar-refractivity contribution in [3.05, 3.63) is 65.5 Å². The van der Waals surface area contributed by atoms with E-state index in [1.54, 1.807) is 24.5 Å². The summed E-state index contributed by atoms with van der Waals surface area (Å²) in [5.74, 6) is -0.140. The Bertz CT molecular complexity index is 745. The second kappa shape index (κ2) is 9.30. The van der Waals surface area contributed by atoms with Gasteiger partial charge in [-0.2, -0.15) is 27.0 Å². The summed E-state index contributed by atoms with van der Waals surface area (Å²) < 4.78 is 19.9. The molecular weight excluding hydrogens is 373 g/mol. The fraction of sp³-hybridized carbons (Fsp3) is 0.316. The average Bonchev–Trinajstić information content (AvgIpc) is 3.02. The highest BCUT2D eigenvalue weighted by Crippen LogP contribution is 2.44. The molecule has 2 aromatic carbocycles. The van der Waals surface area contributed by atoms with Gasteiger partial charge in [-0.25, -0.2) is 9.87 Å². The third-order valence-electron chi connectivity index (χ3n) is 4.83. The average molecular weight is 398 g/mol. The zero-order valence-electron chi connectivity index (χ0n) is 14.5.